The highest BCUT2D eigenvalue weighted by molar-refractivity contribution is 6.31. The first kappa shape index (κ1) is 21.6. The summed E-state index contributed by atoms with van der Waals surface area (Å²) in [6.07, 6.45) is 1.91. The molecule has 8 nitrogen and oxygen atoms in total. The van der Waals surface area contributed by atoms with Gasteiger partial charge in [-0.15, -0.1) is 0 Å². The number of primary amides is 1. The molecule has 1 aliphatic rings. The predicted molar refractivity (Wildman–Crippen MR) is 113 cm³/mol. The Morgan fingerprint density at radius 2 is 1.90 bits per heavy atom. The maximum atomic E-state index is 14.7. The minimum Gasteiger partial charge on any atom is -0.465 e. The standard InChI is InChI=1S/C20H23ClFN5O3/c1-10-6-7-11(8-13(10)21)24-18-12(17(23)28)9-14(22)19(27-18)25-15-4-2-3-5-16(15)26-20(29)30/h6-9,15-16,26H,2-5H2,1H3,(H2,23,28)(H,29,30)(H2,24,25,27)/t15-,16+/m1/s1. The summed E-state index contributed by atoms with van der Waals surface area (Å²) in [5, 5.41) is 18.0. The van der Waals surface area contributed by atoms with Crippen LogP contribution < -0.4 is 21.7 Å². The number of nitrogens with one attached hydrogen (secondary N) is 3. The number of halogens is 2. The van der Waals surface area contributed by atoms with Crippen LogP contribution in [0, 0.1) is 12.7 Å². The molecule has 2 aromatic rings. The van der Waals surface area contributed by atoms with E-state index in [1.54, 1.807) is 18.2 Å². The predicted octanol–water partition coefficient (Wildman–Crippen LogP) is 4.02. The van der Waals surface area contributed by atoms with Crippen molar-refractivity contribution in [1.82, 2.24) is 10.3 Å². The summed E-state index contributed by atoms with van der Waals surface area (Å²) >= 11 is 6.15. The average Bonchev–Trinajstić information content (AvgIpc) is 2.68. The maximum absolute atomic E-state index is 14.7. The van der Waals surface area contributed by atoms with Gasteiger partial charge in [0.2, 0.25) is 0 Å². The second-order valence-electron chi connectivity index (χ2n) is 7.26. The molecule has 1 aliphatic carbocycles. The van der Waals surface area contributed by atoms with Crippen LogP contribution in [0.1, 0.15) is 41.6 Å². The Labute approximate surface area is 178 Å². The van der Waals surface area contributed by atoms with E-state index in [1.807, 2.05) is 6.92 Å². The third-order valence-corrected chi connectivity index (χ3v) is 5.48. The quantitative estimate of drug-likeness (QED) is 0.466. The number of amides is 2. The topological polar surface area (TPSA) is 129 Å². The van der Waals surface area contributed by atoms with Crippen LogP contribution in [-0.4, -0.2) is 34.2 Å². The van der Waals surface area contributed by atoms with Crippen molar-refractivity contribution in [2.75, 3.05) is 10.6 Å². The van der Waals surface area contributed by atoms with Gasteiger partial charge in [0, 0.05) is 16.8 Å². The number of aromatic nitrogens is 1. The molecule has 2 amide bonds. The highest BCUT2D eigenvalue weighted by atomic mass is 35.5. The Bertz CT molecular complexity index is 972. The normalized spacial score (nSPS) is 18.5. The Hall–Kier alpha value is -3.07. The number of benzene rings is 1. The molecule has 1 heterocycles. The minimum atomic E-state index is -1.13. The first-order valence-electron chi connectivity index (χ1n) is 9.54. The highest BCUT2D eigenvalue weighted by Crippen LogP contribution is 2.28. The molecule has 1 aromatic heterocycles. The molecule has 1 aromatic carbocycles. The Kier molecular flexibility index (Phi) is 6.61. The molecule has 2 atom stereocenters. The molecule has 1 fully saturated rings. The summed E-state index contributed by atoms with van der Waals surface area (Å²) in [7, 11) is 0. The number of nitrogens with two attached hydrogens (primary N) is 1. The van der Waals surface area contributed by atoms with E-state index in [0.29, 0.717) is 23.6 Å². The monoisotopic (exact) mass is 435 g/mol. The molecule has 1 saturated carbocycles. The molecule has 0 saturated heterocycles. The number of nitrogens with zero attached hydrogens (tertiary/aromatic N) is 1. The Balaban J connectivity index is 1.91. The van der Waals surface area contributed by atoms with Crippen LogP contribution in [-0.2, 0) is 0 Å². The summed E-state index contributed by atoms with van der Waals surface area (Å²) in [6.45, 7) is 1.85. The van der Waals surface area contributed by atoms with E-state index in [4.69, 9.17) is 22.4 Å². The van der Waals surface area contributed by atoms with Crippen LogP contribution >= 0.6 is 11.6 Å². The molecule has 10 heteroatoms. The van der Waals surface area contributed by atoms with Gasteiger partial charge in [0.15, 0.2) is 11.6 Å². The molecule has 6 N–H and O–H groups in total. The van der Waals surface area contributed by atoms with Gasteiger partial charge in [0.05, 0.1) is 11.6 Å². The van der Waals surface area contributed by atoms with Crippen LogP contribution in [0.5, 0.6) is 0 Å². The van der Waals surface area contributed by atoms with Crippen molar-refractivity contribution < 1.29 is 19.1 Å². The van der Waals surface area contributed by atoms with Crippen molar-refractivity contribution in [2.45, 2.75) is 44.7 Å². The number of anilines is 3. The molecular weight excluding hydrogens is 413 g/mol. The van der Waals surface area contributed by atoms with Gasteiger partial charge in [0.25, 0.3) is 5.91 Å². The second-order valence-corrected chi connectivity index (χ2v) is 7.67. The fourth-order valence-corrected chi connectivity index (χ4v) is 3.67. The van der Waals surface area contributed by atoms with E-state index >= 15 is 0 Å². The van der Waals surface area contributed by atoms with Crippen LogP contribution in [0.15, 0.2) is 24.3 Å². The number of carbonyl (C=O) groups excluding carboxylic acids is 1. The van der Waals surface area contributed by atoms with Gasteiger partial charge in [-0.25, -0.2) is 14.2 Å². The fourth-order valence-electron chi connectivity index (χ4n) is 3.49. The fraction of sp³-hybridized carbons (Fsp3) is 0.350. The zero-order valence-electron chi connectivity index (χ0n) is 16.3. The zero-order valence-corrected chi connectivity index (χ0v) is 17.1. The summed E-state index contributed by atoms with van der Waals surface area (Å²) < 4.78 is 14.7. The lowest BCUT2D eigenvalue weighted by atomic mass is 9.90. The molecule has 0 spiro atoms. The Morgan fingerprint density at radius 1 is 1.20 bits per heavy atom. The lowest BCUT2D eigenvalue weighted by Gasteiger charge is -2.32. The number of pyridine rings is 1. The molecule has 0 radical (unpaired) electrons. The number of carbonyl (C=O) groups is 2. The summed E-state index contributed by atoms with van der Waals surface area (Å²) in [5.41, 5.74) is 6.72. The highest BCUT2D eigenvalue weighted by Gasteiger charge is 2.28. The molecule has 0 aliphatic heterocycles. The SMILES string of the molecule is Cc1ccc(Nc2nc(N[C@@H]3CCCC[C@@H]3NC(=O)O)c(F)cc2C(N)=O)cc1Cl. The van der Waals surface area contributed by atoms with Gasteiger partial charge < -0.3 is 26.8 Å². The molecule has 160 valence electrons. The lowest BCUT2D eigenvalue weighted by molar-refractivity contribution is 0.100. The van der Waals surface area contributed by atoms with E-state index in [9.17, 15) is 14.0 Å². The molecule has 0 bridgehead atoms. The smallest absolute Gasteiger partial charge is 0.404 e. The summed E-state index contributed by atoms with van der Waals surface area (Å²) in [6, 6.07) is 5.50. The largest absolute Gasteiger partial charge is 0.465 e. The van der Waals surface area contributed by atoms with Gasteiger partial charge >= 0.3 is 6.09 Å². The van der Waals surface area contributed by atoms with E-state index in [0.717, 1.165) is 24.5 Å². The molecular formula is C20H23ClFN5O3. The van der Waals surface area contributed by atoms with Crippen molar-refractivity contribution in [3.05, 3.63) is 46.2 Å². The van der Waals surface area contributed by atoms with Crippen LogP contribution in [0.25, 0.3) is 0 Å². The number of hydrogen-bond acceptors (Lipinski definition) is 5. The van der Waals surface area contributed by atoms with Crippen molar-refractivity contribution in [1.29, 1.82) is 0 Å². The summed E-state index contributed by atoms with van der Waals surface area (Å²) in [4.78, 5) is 27.1. The van der Waals surface area contributed by atoms with E-state index in [1.165, 1.54) is 0 Å². The van der Waals surface area contributed by atoms with Crippen LogP contribution in [0.2, 0.25) is 5.02 Å². The van der Waals surface area contributed by atoms with Crippen molar-refractivity contribution in [3.63, 3.8) is 0 Å². The molecule has 30 heavy (non-hydrogen) atoms. The number of rotatable bonds is 6. The van der Waals surface area contributed by atoms with E-state index < -0.39 is 17.8 Å². The van der Waals surface area contributed by atoms with E-state index in [2.05, 4.69) is 20.9 Å². The number of carboxylic acid groups (broad SMARTS) is 1. The third-order valence-electron chi connectivity index (χ3n) is 5.07. The molecule has 0 unspecified atom stereocenters. The maximum Gasteiger partial charge on any atom is 0.404 e. The number of hydrogen-bond donors (Lipinski definition) is 5. The number of aryl methyl sites for hydroxylation is 1. The van der Waals surface area contributed by atoms with Crippen molar-refractivity contribution >= 4 is 40.9 Å². The Morgan fingerprint density at radius 3 is 2.53 bits per heavy atom. The van der Waals surface area contributed by atoms with Crippen molar-refractivity contribution in [3.8, 4) is 0 Å². The van der Waals surface area contributed by atoms with Gasteiger partial charge in [-0.05, 0) is 43.5 Å². The third kappa shape index (κ3) is 5.10. The second kappa shape index (κ2) is 9.17. The first-order chi connectivity index (χ1) is 14.2. The first-order valence-corrected chi connectivity index (χ1v) is 9.92. The van der Waals surface area contributed by atoms with Gasteiger partial charge in [-0.3, -0.25) is 4.79 Å². The lowest BCUT2D eigenvalue weighted by Crippen LogP contribution is -2.48. The summed E-state index contributed by atoms with van der Waals surface area (Å²) in [5.74, 6) is -1.61. The van der Waals surface area contributed by atoms with Crippen LogP contribution in [0.4, 0.5) is 26.5 Å². The van der Waals surface area contributed by atoms with Crippen molar-refractivity contribution in [2.24, 2.45) is 5.73 Å². The molecule has 3 rings (SSSR count). The van der Waals surface area contributed by atoms with E-state index in [-0.39, 0.29) is 29.3 Å². The van der Waals surface area contributed by atoms with Gasteiger partial charge in [-0.2, -0.15) is 0 Å². The van der Waals surface area contributed by atoms with Crippen LogP contribution in [0.3, 0.4) is 0 Å². The van der Waals surface area contributed by atoms with Gasteiger partial charge in [-0.1, -0.05) is 30.5 Å². The zero-order chi connectivity index (χ0) is 21.8. The minimum absolute atomic E-state index is 0.0740. The van der Waals surface area contributed by atoms with Gasteiger partial charge in [0.1, 0.15) is 5.82 Å². The average molecular weight is 436 g/mol.